The minimum Gasteiger partial charge on any atom is -0.496 e. The highest BCUT2D eigenvalue weighted by Crippen LogP contribution is 2.41. The van der Waals surface area contributed by atoms with Crippen LogP contribution in [-0.4, -0.2) is 17.2 Å². The van der Waals surface area contributed by atoms with Crippen molar-refractivity contribution in [2.75, 3.05) is 12.4 Å². The summed E-state index contributed by atoms with van der Waals surface area (Å²) >= 11 is 1.79. The maximum atomic E-state index is 9.31. The number of thiazole rings is 1. The van der Waals surface area contributed by atoms with Gasteiger partial charge < -0.3 is 15.2 Å². The van der Waals surface area contributed by atoms with Gasteiger partial charge in [-0.15, -0.1) is 11.3 Å². The molecular formula is C15H18N2O2S. The minimum atomic E-state index is -0.0227. The molecule has 0 atom stereocenters. The van der Waals surface area contributed by atoms with E-state index < -0.39 is 0 Å². The van der Waals surface area contributed by atoms with Gasteiger partial charge in [-0.05, 0) is 31.0 Å². The molecule has 1 fully saturated rings. The molecule has 1 heterocycles. The number of benzene rings is 1. The highest BCUT2D eigenvalue weighted by atomic mass is 32.1. The Hall–Kier alpha value is -1.59. The van der Waals surface area contributed by atoms with Crippen LogP contribution >= 0.6 is 11.3 Å². The van der Waals surface area contributed by atoms with Crippen LogP contribution in [0.5, 0.6) is 5.75 Å². The smallest absolute Gasteiger partial charge is 0.124 e. The van der Waals surface area contributed by atoms with Gasteiger partial charge in [-0.2, -0.15) is 0 Å². The molecule has 0 saturated heterocycles. The Morgan fingerprint density at radius 3 is 3.00 bits per heavy atom. The van der Waals surface area contributed by atoms with Crippen molar-refractivity contribution in [3.8, 4) is 5.75 Å². The highest BCUT2D eigenvalue weighted by Gasteiger charge is 2.26. The molecule has 0 aliphatic heterocycles. The second kappa shape index (κ2) is 5.81. The summed E-state index contributed by atoms with van der Waals surface area (Å²) in [5, 5.41) is 13.9. The van der Waals surface area contributed by atoms with Gasteiger partial charge in [0.15, 0.2) is 0 Å². The molecule has 1 aromatic heterocycles. The van der Waals surface area contributed by atoms with Crippen LogP contribution in [0.2, 0.25) is 0 Å². The molecule has 3 rings (SSSR count). The van der Waals surface area contributed by atoms with E-state index in [9.17, 15) is 5.11 Å². The van der Waals surface area contributed by atoms with Gasteiger partial charge in [0, 0.05) is 28.2 Å². The summed E-state index contributed by atoms with van der Waals surface area (Å²) in [6, 6.07) is 5.75. The quantitative estimate of drug-likeness (QED) is 0.858. The van der Waals surface area contributed by atoms with Gasteiger partial charge >= 0.3 is 0 Å². The summed E-state index contributed by atoms with van der Waals surface area (Å²) in [5.41, 5.74) is 1.77. The Morgan fingerprint density at radius 1 is 1.45 bits per heavy atom. The van der Waals surface area contributed by atoms with Crippen LogP contribution in [0.25, 0.3) is 0 Å². The third-order valence-electron chi connectivity index (χ3n) is 3.42. The lowest BCUT2D eigenvalue weighted by molar-refractivity contribution is 0.274. The molecule has 20 heavy (non-hydrogen) atoms. The second-order valence-corrected chi connectivity index (χ2v) is 6.12. The number of aliphatic hydroxyl groups is 1. The van der Waals surface area contributed by atoms with Crippen LogP contribution in [0.4, 0.5) is 5.69 Å². The van der Waals surface area contributed by atoms with E-state index in [1.165, 1.54) is 22.7 Å². The molecule has 1 aliphatic rings. The predicted octanol–water partition coefficient (Wildman–Crippen LogP) is 3.13. The fourth-order valence-electron chi connectivity index (χ4n) is 2.12. The zero-order valence-electron chi connectivity index (χ0n) is 11.4. The molecule has 4 nitrogen and oxygen atoms in total. The highest BCUT2D eigenvalue weighted by molar-refractivity contribution is 7.11. The van der Waals surface area contributed by atoms with E-state index in [0.29, 0.717) is 5.75 Å². The first-order valence-electron chi connectivity index (χ1n) is 6.76. The molecule has 1 aromatic carbocycles. The summed E-state index contributed by atoms with van der Waals surface area (Å²) in [7, 11) is 1.61. The monoisotopic (exact) mass is 290 g/mol. The van der Waals surface area contributed by atoms with E-state index >= 15 is 0 Å². The lowest BCUT2D eigenvalue weighted by Gasteiger charge is -2.10. The van der Waals surface area contributed by atoms with Crippen molar-refractivity contribution in [1.82, 2.24) is 4.98 Å². The van der Waals surface area contributed by atoms with Crippen molar-refractivity contribution in [3.05, 3.63) is 39.8 Å². The zero-order valence-corrected chi connectivity index (χ0v) is 12.2. The number of nitrogens with zero attached hydrogens (tertiary/aromatic N) is 1. The fraction of sp³-hybridized carbons (Fsp3) is 0.400. The van der Waals surface area contributed by atoms with Gasteiger partial charge in [0.05, 0.1) is 25.3 Å². The van der Waals surface area contributed by atoms with Crippen molar-refractivity contribution in [2.24, 2.45) is 0 Å². The van der Waals surface area contributed by atoms with Crippen molar-refractivity contribution in [2.45, 2.75) is 31.9 Å². The van der Waals surface area contributed by atoms with Gasteiger partial charge in [-0.3, -0.25) is 0 Å². The molecule has 1 aliphatic carbocycles. The van der Waals surface area contributed by atoms with Gasteiger partial charge in [0.1, 0.15) is 5.75 Å². The molecule has 0 radical (unpaired) electrons. The van der Waals surface area contributed by atoms with Crippen LogP contribution in [0, 0.1) is 0 Å². The topological polar surface area (TPSA) is 54.4 Å². The number of anilines is 1. The normalized spacial score (nSPS) is 14.3. The Balaban J connectivity index is 1.64. The van der Waals surface area contributed by atoms with E-state index in [0.717, 1.165) is 23.7 Å². The summed E-state index contributed by atoms with van der Waals surface area (Å²) in [6.45, 7) is 0.743. The van der Waals surface area contributed by atoms with E-state index in [-0.39, 0.29) is 6.61 Å². The lowest BCUT2D eigenvalue weighted by Crippen LogP contribution is -1.99. The molecule has 1 saturated carbocycles. The first-order valence-corrected chi connectivity index (χ1v) is 7.58. The molecule has 0 bridgehead atoms. The van der Waals surface area contributed by atoms with Crippen LogP contribution in [0.15, 0.2) is 24.4 Å². The molecule has 5 heteroatoms. The van der Waals surface area contributed by atoms with Crippen LogP contribution in [0.3, 0.4) is 0 Å². The molecular weight excluding hydrogens is 272 g/mol. The van der Waals surface area contributed by atoms with Crippen molar-refractivity contribution < 1.29 is 9.84 Å². The number of ether oxygens (including phenoxy) is 1. The van der Waals surface area contributed by atoms with Gasteiger partial charge in [-0.25, -0.2) is 4.98 Å². The number of aliphatic hydroxyl groups excluding tert-OH is 1. The summed E-state index contributed by atoms with van der Waals surface area (Å²) in [4.78, 5) is 5.71. The van der Waals surface area contributed by atoms with Crippen molar-refractivity contribution >= 4 is 17.0 Å². The summed E-state index contributed by atoms with van der Waals surface area (Å²) in [6.07, 6.45) is 4.54. The van der Waals surface area contributed by atoms with E-state index in [1.807, 2.05) is 24.4 Å². The van der Waals surface area contributed by atoms with Crippen LogP contribution in [0.1, 0.15) is 34.2 Å². The summed E-state index contributed by atoms with van der Waals surface area (Å²) in [5.74, 6) is 1.43. The molecule has 0 unspecified atom stereocenters. The fourth-order valence-corrected chi connectivity index (χ4v) is 3.15. The third-order valence-corrected chi connectivity index (χ3v) is 4.58. The van der Waals surface area contributed by atoms with E-state index in [1.54, 1.807) is 18.4 Å². The number of nitrogens with one attached hydrogen (secondary N) is 1. The van der Waals surface area contributed by atoms with Crippen molar-refractivity contribution in [1.29, 1.82) is 0 Å². The Kier molecular flexibility index (Phi) is 3.89. The van der Waals surface area contributed by atoms with E-state index in [2.05, 4.69) is 10.3 Å². The first kappa shape index (κ1) is 13.4. The lowest BCUT2D eigenvalue weighted by atomic mass is 10.2. The predicted molar refractivity (Wildman–Crippen MR) is 80.3 cm³/mol. The SMILES string of the molecule is COc1ccc(NCc2cnc(C3CC3)s2)cc1CO. The largest absolute Gasteiger partial charge is 0.496 e. The number of hydrogen-bond acceptors (Lipinski definition) is 5. The van der Waals surface area contributed by atoms with Crippen LogP contribution in [-0.2, 0) is 13.2 Å². The Bertz CT molecular complexity index is 593. The molecule has 2 aromatic rings. The molecule has 106 valence electrons. The second-order valence-electron chi connectivity index (χ2n) is 4.98. The van der Waals surface area contributed by atoms with Gasteiger partial charge in [0.2, 0.25) is 0 Å². The first-order chi connectivity index (χ1) is 9.80. The number of rotatable bonds is 6. The number of hydrogen-bond donors (Lipinski definition) is 2. The third kappa shape index (κ3) is 2.94. The average molecular weight is 290 g/mol. The van der Waals surface area contributed by atoms with Gasteiger partial charge in [0.25, 0.3) is 0 Å². The Morgan fingerprint density at radius 2 is 2.30 bits per heavy atom. The number of methoxy groups -OCH3 is 1. The molecule has 2 N–H and O–H groups in total. The number of aromatic nitrogens is 1. The minimum absolute atomic E-state index is 0.0227. The van der Waals surface area contributed by atoms with Gasteiger partial charge in [-0.1, -0.05) is 0 Å². The van der Waals surface area contributed by atoms with Crippen molar-refractivity contribution in [3.63, 3.8) is 0 Å². The molecule has 0 amide bonds. The maximum Gasteiger partial charge on any atom is 0.124 e. The van der Waals surface area contributed by atoms with E-state index in [4.69, 9.17) is 4.74 Å². The maximum absolute atomic E-state index is 9.31. The zero-order chi connectivity index (χ0) is 13.9. The summed E-state index contributed by atoms with van der Waals surface area (Å²) < 4.78 is 5.19. The Labute approximate surface area is 122 Å². The average Bonchev–Trinajstić information content (AvgIpc) is 3.23. The van der Waals surface area contributed by atoms with Crippen LogP contribution < -0.4 is 10.1 Å². The standard InChI is InChI=1S/C15H18N2O2S/c1-19-14-5-4-12(6-11(14)9-18)16-7-13-8-17-15(20-13)10-2-3-10/h4-6,8,10,16,18H,2-3,7,9H2,1H3. The molecule has 0 spiro atoms.